The average Bonchev–Trinajstić information content (AvgIpc) is 3.66. The molecule has 2 aromatic rings. The summed E-state index contributed by atoms with van der Waals surface area (Å²) >= 11 is 0. The quantitative estimate of drug-likeness (QED) is 0.636. The maximum atomic E-state index is 13.4. The van der Waals surface area contributed by atoms with Gasteiger partial charge < -0.3 is 19.5 Å². The number of piperidine rings is 1. The minimum Gasteiger partial charge on any atom is -0.493 e. The van der Waals surface area contributed by atoms with Gasteiger partial charge in [0, 0.05) is 36.7 Å². The molecule has 6 heteroatoms. The summed E-state index contributed by atoms with van der Waals surface area (Å²) in [5.74, 6) is 7.94. The summed E-state index contributed by atoms with van der Waals surface area (Å²) in [5, 5.41) is 12.7. The lowest BCUT2D eigenvalue weighted by Crippen LogP contribution is -2.78. The SMILES string of the molecule is COc1ccc2c3c1OC1C(N(C)C(=O)C#Cc4cccc(C)c4)CCC4(O)[C@H](C2)N(CC2CC2)CC[C@]314. The summed E-state index contributed by atoms with van der Waals surface area (Å²) < 4.78 is 12.6. The standard InChI is InChI=1S/C32H36N2O4/c1-20-5-4-6-21(17-20)9-12-27(35)33(2)24-13-14-32(36)26-18-23-10-11-25(37-3)29-28(23)31(32,30(24)38-29)15-16-34(26)19-22-7-8-22/h4-6,10-11,17,22,24,26,30,36H,7-8,13-16,18-19H2,1-3H3/t24?,26-,30?,31-,32?/m0/s1. The van der Waals surface area contributed by atoms with Crippen molar-refractivity contribution in [2.75, 3.05) is 27.2 Å². The van der Waals surface area contributed by atoms with Gasteiger partial charge in [-0.3, -0.25) is 9.69 Å². The summed E-state index contributed by atoms with van der Waals surface area (Å²) in [5.41, 5.74) is 2.88. The first-order chi connectivity index (χ1) is 18.4. The van der Waals surface area contributed by atoms with E-state index in [0.717, 1.165) is 54.3 Å². The van der Waals surface area contributed by atoms with Crippen LogP contribution < -0.4 is 9.47 Å². The number of carbonyl (C=O) groups excluding carboxylic acids is 1. The van der Waals surface area contributed by atoms with E-state index in [-0.39, 0.29) is 24.1 Å². The Hall–Kier alpha value is -3.01. The first kappa shape index (κ1) is 24.1. The lowest BCUT2D eigenvalue weighted by Gasteiger charge is -2.64. The number of nitrogens with zero attached hydrogens (tertiary/aromatic N) is 2. The fourth-order valence-electron chi connectivity index (χ4n) is 8.09. The number of hydrogen-bond acceptors (Lipinski definition) is 5. The van der Waals surface area contributed by atoms with E-state index >= 15 is 0 Å². The Morgan fingerprint density at radius 2 is 2.08 bits per heavy atom. The zero-order valence-corrected chi connectivity index (χ0v) is 22.5. The van der Waals surface area contributed by atoms with Crippen molar-refractivity contribution >= 4 is 5.91 Å². The predicted octanol–water partition coefficient (Wildman–Crippen LogP) is 3.45. The van der Waals surface area contributed by atoms with Crippen molar-refractivity contribution in [3.8, 4) is 23.3 Å². The van der Waals surface area contributed by atoms with Crippen molar-refractivity contribution in [2.24, 2.45) is 5.92 Å². The Bertz CT molecular complexity index is 1370. The molecule has 1 N–H and O–H groups in total. The van der Waals surface area contributed by atoms with E-state index in [4.69, 9.17) is 9.47 Å². The highest BCUT2D eigenvalue weighted by Gasteiger charge is 2.73. The van der Waals surface area contributed by atoms with Gasteiger partial charge in [0.15, 0.2) is 11.5 Å². The van der Waals surface area contributed by atoms with Crippen molar-refractivity contribution in [3.05, 3.63) is 58.7 Å². The fraction of sp³-hybridized carbons (Fsp3) is 0.531. The van der Waals surface area contributed by atoms with Crippen molar-refractivity contribution in [3.63, 3.8) is 0 Å². The molecule has 38 heavy (non-hydrogen) atoms. The van der Waals surface area contributed by atoms with E-state index in [0.29, 0.717) is 18.6 Å². The van der Waals surface area contributed by atoms with Crippen LogP contribution in [0, 0.1) is 24.7 Å². The Kier molecular flexibility index (Phi) is 5.38. The normalized spacial score (nSPS) is 32.5. The van der Waals surface area contributed by atoms with Crippen LogP contribution in [-0.4, -0.2) is 71.8 Å². The molecule has 3 fully saturated rings. The molecule has 0 aromatic heterocycles. The van der Waals surface area contributed by atoms with E-state index in [1.54, 1.807) is 12.0 Å². The number of likely N-dealkylation sites (N-methyl/N-ethyl adjacent to an activating group) is 1. The molecule has 2 aliphatic heterocycles. The summed E-state index contributed by atoms with van der Waals surface area (Å²) in [7, 11) is 3.51. The van der Waals surface area contributed by atoms with Gasteiger partial charge in [-0.1, -0.05) is 24.1 Å². The van der Waals surface area contributed by atoms with Crippen LogP contribution in [0.4, 0.5) is 0 Å². The Balaban J connectivity index is 1.27. The van der Waals surface area contributed by atoms with E-state index in [2.05, 4.69) is 22.8 Å². The third-order valence-electron chi connectivity index (χ3n) is 10.1. The van der Waals surface area contributed by atoms with Crippen LogP contribution in [0.3, 0.4) is 0 Å². The molecule has 0 radical (unpaired) electrons. The predicted molar refractivity (Wildman–Crippen MR) is 144 cm³/mol. The molecule has 1 saturated heterocycles. The molecule has 3 unspecified atom stereocenters. The molecule has 1 amide bonds. The monoisotopic (exact) mass is 512 g/mol. The molecule has 198 valence electrons. The van der Waals surface area contributed by atoms with Crippen LogP contribution in [0.1, 0.15) is 54.4 Å². The molecule has 6 nitrogen and oxygen atoms in total. The molecule has 7 rings (SSSR count). The highest BCUT2D eigenvalue weighted by Crippen LogP contribution is 2.66. The van der Waals surface area contributed by atoms with Crippen LogP contribution in [0.2, 0.25) is 0 Å². The second-order valence-corrected chi connectivity index (χ2v) is 12.1. The van der Waals surface area contributed by atoms with E-state index in [1.165, 1.54) is 18.4 Å². The van der Waals surface area contributed by atoms with Gasteiger partial charge in [0.1, 0.15) is 6.10 Å². The van der Waals surface area contributed by atoms with Gasteiger partial charge in [0.05, 0.1) is 24.2 Å². The number of ether oxygens (including phenoxy) is 2. The zero-order valence-electron chi connectivity index (χ0n) is 22.5. The third kappa shape index (κ3) is 3.31. The van der Waals surface area contributed by atoms with E-state index in [9.17, 15) is 9.90 Å². The van der Waals surface area contributed by atoms with Gasteiger partial charge in [-0.15, -0.1) is 0 Å². The minimum atomic E-state index is -0.900. The fourth-order valence-corrected chi connectivity index (χ4v) is 8.09. The summed E-state index contributed by atoms with van der Waals surface area (Å²) in [6.07, 6.45) is 5.22. The van der Waals surface area contributed by atoms with Crippen molar-refractivity contribution < 1.29 is 19.4 Å². The van der Waals surface area contributed by atoms with Gasteiger partial charge in [-0.25, -0.2) is 0 Å². The zero-order chi connectivity index (χ0) is 26.2. The number of rotatable bonds is 4. The maximum Gasteiger partial charge on any atom is 0.298 e. The number of amides is 1. The minimum absolute atomic E-state index is 0.0675. The molecule has 2 heterocycles. The highest BCUT2D eigenvalue weighted by molar-refractivity contribution is 5.94. The molecule has 1 spiro atoms. The van der Waals surface area contributed by atoms with Crippen molar-refractivity contribution in [2.45, 2.75) is 74.7 Å². The second kappa shape index (κ2) is 8.49. The average molecular weight is 513 g/mol. The van der Waals surface area contributed by atoms with Gasteiger partial charge in [0.25, 0.3) is 5.91 Å². The van der Waals surface area contributed by atoms with Gasteiger partial charge in [0.2, 0.25) is 0 Å². The number of likely N-dealkylation sites (tertiary alicyclic amines) is 1. The summed E-state index contributed by atoms with van der Waals surface area (Å²) in [4.78, 5) is 17.7. The molecule has 5 atom stereocenters. The number of carbonyl (C=O) groups is 1. The number of benzene rings is 2. The molecular weight excluding hydrogens is 476 g/mol. The number of methoxy groups -OCH3 is 1. The Morgan fingerprint density at radius 1 is 1.24 bits per heavy atom. The van der Waals surface area contributed by atoms with Crippen LogP contribution in [-0.2, 0) is 16.6 Å². The second-order valence-electron chi connectivity index (χ2n) is 12.1. The molecule has 3 aliphatic carbocycles. The van der Waals surface area contributed by atoms with Crippen LogP contribution in [0.5, 0.6) is 11.5 Å². The number of hydrogen-bond donors (Lipinski definition) is 1. The lowest BCUT2D eigenvalue weighted by molar-refractivity contribution is -0.199. The number of aryl methyl sites for hydroxylation is 1. The summed E-state index contributed by atoms with van der Waals surface area (Å²) in [6.45, 7) is 4.03. The topological polar surface area (TPSA) is 62.2 Å². The van der Waals surface area contributed by atoms with Crippen LogP contribution in [0.15, 0.2) is 36.4 Å². The third-order valence-corrected chi connectivity index (χ3v) is 10.1. The molecule has 5 aliphatic rings. The van der Waals surface area contributed by atoms with Crippen molar-refractivity contribution in [1.29, 1.82) is 0 Å². The highest BCUT2D eigenvalue weighted by atomic mass is 16.5. The van der Waals surface area contributed by atoms with Gasteiger partial charge in [-0.05, 0) is 87.2 Å². The van der Waals surface area contributed by atoms with Crippen molar-refractivity contribution in [1.82, 2.24) is 9.80 Å². The lowest BCUT2D eigenvalue weighted by atomic mass is 9.48. The molecule has 2 bridgehead atoms. The molecule has 2 saturated carbocycles. The first-order valence-electron chi connectivity index (χ1n) is 14.0. The largest absolute Gasteiger partial charge is 0.493 e. The van der Waals surface area contributed by atoms with Gasteiger partial charge in [-0.2, -0.15) is 0 Å². The number of aliphatic hydroxyl groups is 1. The molecular formula is C32H36N2O4. The van der Waals surface area contributed by atoms with E-state index in [1.807, 2.05) is 44.3 Å². The summed E-state index contributed by atoms with van der Waals surface area (Å²) in [6, 6.07) is 11.9. The van der Waals surface area contributed by atoms with E-state index < -0.39 is 11.0 Å². The van der Waals surface area contributed by atoms with Crippen LogP contribution >= 0.6 is 0 Å². The first-order valence-corrected chi connectivity index (χ1v) is 14.0. The van der Waals surface area contributed by atoms with Crippen LogP contribution in [0.25, 0.3) is 0 Å². The smallest absolute Gasteiger partial charge is 0.298 e. The Labute approximate surface area is 224 Å². The molecule has 2 aromatic carbocycles. The Morgan fingerprint density at radius 3 is 2.84 bits per heavy atom. The van der Waals surface area contributed by atoms with Gasteiger partial charge >= 0.3 is 0 Å². The maximum absolute atomic E-state index is 13.4.